The Morgan fingerprint density at radius 2 is 2.33 bits per heavy atom. The molecule has 0 bridgehead atoms. The molecule has 1 aromatic heterocycles. The van der Waals surface area contributed by atoms with Crippen molar-refractivity contribution < 1.29 is 0 Å². The molecule has 2 rings (SSSR count). The smallest absolute Gasteiger partial charge is 0.0935 e. The van der Waals surface area contributed by atoms with Crippen LogP contribution in [0.5, 0.6) is 0 Å². The minimum absolute atomic E-state index is 1.01. The van der Waals surface area contributed by atoms with Gasteiger partial charge in [-0.15, -0.1) is 24.0 Å². The number of hydrogen-bond acceptors (Lipinski definition) is 3. The topological polar surface area (TPSA) is 12.9 Å². The number of benzene rings is 1. The molecule has 0 spiro atoms. The highest BCUT2D eigenvalue weighted by molar-refractivity contribution is 7.80. The van der Waals surface area contributed by atoms with Crippen LogP contribution in [0.2, 0.25) is 0 Å². The molecule has 0 aliphatic carbocycles. The average Bonchev–Trinajstić information content (AvgIpc) is 2.46. The van der Waals surface area contributed by atoms with Crippen molar-refractivity contribution >= 4 is 34.2 Å². The number of hydrogen-bond donors (Lipinski definition) is 1. The van der Waals surface area contributed by atoms with Crippen molar-refractivity contribution in [2.75, 3.05) is 0 Å². The number of rotatable bonds is 1. The summed E-state index contributed by atoms with van der Waals surface area (Å²) in [4.78, 5) is 5.47. The fraction of sp³-hybridized carbons (Fsp3) is 0.222. The molecule has 0 saturated carbocycles. The Balaban J connectivity index is 2.67. The number of thiol groups is 1. The van der Waals surface area contributed by atoms with Gasteiger partial charge in [-0.25, -0.2) is 4.98 Å². The van der Waals surface area contributed by atoms with Crippen LogP contribution in [0.3, 0.4) is 0 Å². The summed E-state index contributed by atoms with van der Waals surface area (Å²) in [6, 6.07) is 6.06. The van der Waals surface area contributed by atoms with Crippen LogP contribution in [-0.2, 0) is 6.42 Å². The van der Waals surface area contributed by atoms with Crippen molar-refractivity contribution in [3.05, 3.63) is 23.2 Å². The van der Waals surface area contributed by atoms with Crippen molar-refractivity contribution in [1.29, 1.82) is 0 Å². The normalized spacial score (nSPS) is 10.8. The average molecular weight is 195 g/mol. The van der Waals surface area contributed by atoms with E-state index in [9.17, 15) is 0 Å². The standard InChI is InChI=1S/C9H9NS2/c1-2-9-10-7-4-3-6(11)5-8(7)12-9/h3-5,11H,2H2,1H3. The lowest BCUT2D eigenvalue weighted by Gasteiger charge is -1.87. The third kappa shape index (κ3) is 1.34. The van der Waals surface area contributed by atoms with Gasteiger partial charge in [-0.1, -0.05) is 6.92 Å². The molecule has 0 fully saturated rings. The molecule has 2 aromatic rings. The maximum atomic E-state index is 4.46. The second kappa shape index (κ2) is 3.07. The summed E-state index contributed by atoms with van der Waals surface area (Å²) in [7, 11) is 0. The van der Waals surface area contributed by atoms with Gasteiger partial charge in [0.1, 0.15) is 0 Å². The van der Waals surface area contributed by atoms with E-state index in [4.69, 9.17) is 0 Å². The zero-order valence-corrected chi connectivity index (χ0v) is 8.45. The number of aromatic nitrogens is 1. The van der Waals surface area contributed by atoms with Gasteiger partial charge in [0, 0.05) is 4.90 Å². The SMILES string of the molecule is CCc1nc2ccc(S)cc2s1. The Labute approximate surface area is 80.9 Å². The summed E-state index contributed by atoms with van der Waals surface area (Å²) in [5, 5.41) is 1.20. The van der Waals surface area contributed by atoms with Crippen LogP contribution < -0.4 is 0 Å². The minimum atomic E-state index is 1.01. The molecule has 12 heavy (non-hydrogen) atoms. The van der Waals surface area contributed by atoms with Crippen molar-refractivity contribution in [1.82, 2.24) is 4.98 Å². The molecule has 0 N–H and O–H groups in total. The molecule has 0 amide bonds. The summed E-state index contributed by atoms with van der Waals surface area (Å²) in [5.41, 5.74) is 1.09. The summed E-state index contributed by atoms with van der Waals surface area (Å²) in [5.74, 6) is 0. The Hall–Kier alpha value is -0.540. The van der Waals surface area contributed by atoms with E-state index in [1.807, 2.05) is 12.1 Å². The zero-order valence-electron chi connectivity index (χ0n) is 6.74. The molecular formula is C9H9NS2. The van der Waals surface area contributed by atoms with Gasteiger partial charge in [0.25, 0.3) is 0 Å². The first-order valence-electron chi connectivity index (χ1n) is 3.88. The van der Waals surface area contributed by atoms with E-state index < -0.39 is 0 Å². The van der Waals surface area contributed by atoms with Gasteiger partial charge in [0.15, 0.2) is 0 Å². The maximum absolute atomic E-state index is 4.46. The molecule has 1 nitrogen and oxygen atoms in total. The minimum Gasteiger partial charge on any atom is -0.241 e. The van der Waals surface area contributed by atoms with E-state index in [0.29, 0.717) is 0 Å². The second-order valence-electron chi connectivity index (χ2n) is 2.61. The lowest BCUT2D eigenvalue weighted by molar-refractivity contribution is 1.11. The van der Waals surface area contributed by atoms with Crippen LogP contribution in [0.4, 0.5) is 0 Å². The van der Waals surface area contributed by atoms with Crippen LogP contribution in [0.1, 0.15) is 11.9 Å². The number of aryl methyl sites for hydroxylation is 1. The molecule has 62 valence electrons. The van der Waals surface area contributed by atoms with Gasteiger partial charge in [0.05, 0.1) is 15.2 Å². The summed E-state index contributed by atoms with van der Waals surface area (Å²) in [6.07, 6.45) is 1.02. The van der Waals surface area contributed by atoms with E-state index in [0.717, 1.165) is 16.8 Å². The molecule has 0 aliphatic heterocycles. The quantitative estimate of drug-likeness (QED) is 0.690. The lowest BCUT2D eigenvalue weighted by atomic mass is 10.3. The van der Waals surface area contributed by atoms with Gasteiger partial charge in [0.2, 0.25) is 0 Å². The van der Waals surface area contributed by atoms with Crippen molar-refractivity contribution in [3.8, 4) is 0 Å². The van der Waals surface area contributed by atoms with Crippen LogP contribution in [0.25, 0.3) is 10.2 Å². The molecule has 0 unspecified atom stereocenters. The Bertz CT molecular complexity index is 406. The van der Waals surface area contributed by atoms with E-state index in [-0.39, 0.29) is 0 Å². The third-order valence-electron chi connectivity index (χ3n) is 1.72. The number of nitrogens with zero attached hydrogens (tertiary/aromatic N) is 1. The maximum Gasteiger partial charge on any atom is 0.0935 e. The monoisotopic (exact) mass is 195 g/mol. The first-order valence-corrected chi connectivity index (χ1v) is 5.14. The van der Waals surface area contributed by atoms with Gasteiger partial charge < -0.3 is 0 Å². The highest BCUT2D eigenvalue weighted by Crippen LogP contribution is 2.24. The highest BCUT2D eigenvalue weighted by Gasteiger charge is 2.00. The second-order valence-corrected chi connectivity index (χ2v) is 4.24. The molecular weight excluding hydrogens is 186 g/mol. The summed E-state index contributed by atoms with van der Waals surface area (Å²) >= 11 is 6.03. The number of thiazole rings is 1. The van der Waals surface area contributed by atoms with Crippen LogP contribution in [-0.4, -0.2) is 4.98 Å². The first-order chi connectivity index (χ1) is 5.79. The fourth-order valence-corrected chi connectivity index (χ4v) is 2.35. The third-order valence-corrected chi connectivity index (χ3v) is 3.16. The predicted molar refractivity (Wildman–Crippen MR) is 56.3 cm³/mol. The molecule has 1 heterocycles. The number of fused-ring (bicyclic) bond motifs is 1. The highest BCUT2D eigenvalue weighted by atomic mass is 32.1. The van der Waals surface area contributed by atoms with Crippen molar-refractivity contribution in [2.45, 2.75) is 18.2 Å². The molecule has 3 heteroatoms. The predicted octanol–water partition coefficient (Wildman–Crippen LogP) is 3.15. The van der Waals surface area contributed by atoms with Gasteiger partial charge >= 0.3 is 0 Å². The fourth-order valence-electron chi connectivity index (χ4n) is 1.11. The van der Waals surface area contributed by atoms with Gasteiger partial charge in [-0.05, 0) is 24.6 Å². The molecule has 0 saturated heterocycles. The van der Waals surface area contributed by atoms with Crippen molar-refractivity contribution in [2.24, 2.45) is 0 Å². The zero-order chi connectivity index (χ0) is 8.55. The summed E-state index contributed by atoms with van der Waals surface area (Å²) in [6.45, 7) is 2.12. The molecule has 0 radical (unpaired) electrons. The van der Waals surface area contributed by atoms with Gasteiger partial charge in [-0.2, -0.15) is 0 Å². The molecule has 0 aliphatic rings. The van der Waals surface area contributed by atoms with Crippen LogP contribution in [0.15, 0.2) is 23.1 Å². The Kier molecular flexibility index (Phi) is 2.07. The van der Waals surface area contributed by atoms with E-state index in [2.05, 4.69) is 30.6 Å². The van der Waals surface area contributed by atoms with Crippen LogP contribution in [0, 0.1) is 0 Å². The first kappa shape index (κ1) is 8.08. The molecule has 0 atom stereocenters. The molecule has 1 aromatic carbocycles. The lowest BCUT2D eigenvalue weighted by Crippen LogP contribution is -1.73. The van der Waals surface area contributed by atoms with Crippen molar-refractivity contribution in [3.63, 3.8) is 0 Å². The summed E-state index contributed by atoms with van der Waals surface area (Å²) < 4.78 is 1.24. The van der Waals surface area contributed by atoms with Gasteiger partial charge in [-0.3, -0.25) is 0 Å². The van der Waals surface area contributed by atoms with E-state index >= 15 is 0 Å². The van der Waals surface area contributed by atoms with Crippen LogP contribution >= 0.6 is 24.0 Å². The van der Waals surface area contributed by atoms with E-state index in [1.165, 1.54) is 9.71 Å². The largest absolute Gasteiger partial charge is 0.241 e. The Morgan fingerprint density at radius 3 is 3.08 bits per heavy atom. The Morgan fingerprint density at radius 1 is 1.50 bits per heavy atom. The van der Waals surface area contributed by atoms with E-state index in [1.54, 1.807) is 11.3 Å².